The van der Waals surface area contributed by atoms with Crippen molar-refractivity contribution in [2.24, 2.45) is 0 Å². The molecule has 8 heteroatoms. The van der Waals surface area contributed by atoms with Gasteiger partial charge in [0.15, 0.2) is 0 Å². The molecule has 0 atom stereocenters. The van der Waals surface area contributed by atoms with Gasteiger partial charge >= 0.3 is 12.1 Å². The SMILES string of the molecule is O=C(Nc1ccc(F)cc1)NC1CCN(C(=O)Nc2ccccc2N2CCCC2)CC1. The van der Waals surface area contributed by atoms with Crippen LogP contribution in [-0.2, 0) is 0 Å². The molecule has 164 valence electrons. The van der Waals surface area contributed by atoms with E-state index in [1.165, 1.54) is 37.1 Å². The Hall–Kier alpha value is -3.29. The number of nitrogens with one attached hydrogen (secondary N) is 3. The van der Waals surface area contributed by atoms with E-state index in [0.717, 1.165) is 24.5 Å². The van der Waals surface area contributed by atoms with Gasteiger partial charge in [-0.3, -0.25) is 0 Å². The lowest BCUT2D eigenvalue weighted by Crippen LogP contribution is -2.48. The summed E-state index contributed by atoms with van der Waals surface area (Å²) >= 11 is 0. The van der Waals surface area contributed by atoms with Gasteiger partial charge in [0.2, 0.25) is 0 Å². The standard InChI is InChI=1S/C23H28FN5O2/c24-17-7-9-18(10-8-17)25-22(30)26-19-11-15-29(16-12-19)23(31)27-20-5-1-2-6-21(20)28-13-3-4-14-28/h1-2,5-10,19H,3-4,11-16H2,(H,27,31)(H2,25,26,30). The van der Waals surface area contributed by atoms with Gasteiger partial charge in [-0.2, -0.15) is 0 Å². The molecule has 0 spiro atoms. The van der Waals surface area contributed by atoms with Crippen molar-refractivity contribution < 1.29 is 14.0 Å². The third kappa shape index (κ3) is 5.45. The van der Waals surface area contributed by atoms with Crippen LogP contribution in [0.5, 0.6) is 0 Å². The number of rotatable bonds is 4. The number of anilines is 3. The van der Waals surface area contributed by atoms with Crippen molar-refractivity contribution in [3.05, 3.63) is 54.3 Å². The molecule has 0 aliphatic carbocycles. The number of likely N-dealkylation sites (tertiary alicyclic amines) is 1. The molecule has 2 aromatic rings. The highest BCUT2D eigenvalue weighted by atomic mass is 19.1. The van der Waals surface area contributed by atoms with Gasteiger partial charge in [0.05, 0.1) is 11.4 Å². The smallest absolute Gasteiger partial charge is 0.321 e. The summed E-state index contributed by atoms with van der Waals surface area (Å²) in [7, 11) is 0. The van der Waals surface area contributed by atoms with E-state index >= 15 is 0 Å². The Kier molecular flexibility index (Phi) is 6.54. The second-order valence-electron chi connectivity index (χ2n) is 8.01. The first kappa shape index (κ1) is 21.0. The summed E-state index contributed by atoms with van der Waals surface area (Å²) in [5, 5.41) is 8.70. The molecule has 0 bridgehead atoms. The van der Waals surface area contributed by atoms with Crippen LogP contribution in [0.15, 0.2) is 48.5 Å². The average molecular weight is 426 g/mol. The summed E-state index contributed by atoms with van der Waals surface area (Å²) in [4.78, 5) is 29.1. The summed E-state index contributed by atoms with van der Waals surface area (Å²) in [6.45, 7) is 3.17. The maximum absolute atomic E-state index is 13.0. The van der Waals surface area contributed by atoms with Gasteiger partial charge in [0.1, 0.15) is 5.82 Å². The van der Waals surface area contributed by atoms with E-state index in [4.69, 9.17) is 0 Å². The van der Waals surface area contributed by atoms with Gasteiger partial charge in [-0.15, -0.1) is 0 Å². The molecule has 4 amide bonds. The Bertz CT molecular complexity index is 906. The maximum atomic E-state index is 13.0. The van der Waals surface area contributed by atoms with E-state index < -0.39 is 0 Å². The molecule has 4 rings (SSSR count). The fourth-order valence-corrected chi connectivity index (χ4v) is 4.12. The number of benzene rings is 2. The summed E-state index contributed by atoms with van der Waals surface area (Å²) < 4.78 is 13.0. The minimum atomic E-state index is -0.348. The van der Waals surface area contributed by atoms with Crippen LogP contribution in [0.2, 0.25) is 0 Å². The molecule has 2 aromatic carbocycles. The number of carbonyl (C=O) groups excluding carboxylic acids is 2. The lowest BCUT2D eigenvalue weighted by Gasteiger charge is -2.33. The Morgan fingerprint density at radius 2 is 1.55 bits per heavy atom. The molecule has 31 heavy (non-hydrogen) atoms. The third-order valence-corrected chi connectivity index (χ3v) is 5.81. The Morgan fingerprint density at radius 3 is 2.26 bits per heavy atom. The van der Waals surface area contributed by atoms with Gasteiger partial charge in [0.25, 0.3) is 0 Å². The first-order chi connectivity index (χ1) is 15.1. The molecule has 0 aromatic heterocycles. The molecular weight excluding hydrogens is 397 g/mol. The van der Waals surface area contributed by atoms with E-state index in [2.05, 4.69) is 26.9 Å². The molecule has 0 radical (unpaired) electrons. The molecular formula is C23H28FN5O2. The predicted molar refractivity (Wildman–Crippen MR) is 120 cm³/mol. The Labute approximate surface area is 181 Å². The maximum Gasteiger partial charge on any atom is 0.321 e. The van der Waals surface area contributed by atoms with E-state index in [1.54, 1.807) is 4.90 Å². The average Bonchev–Trinajstić information content (AvgIpc) is 3.31. The van der Waals surface area contributed by atoms with E-state index in [0.29, 0.717) is 31.6 Å². The Balaban J connectivity index is 1.25. The van der Waals surface area contributed by atoms with Gasteiger partial charge in [0, 0.05) is 37.9 Å². The van der Waals surface area contributed by atoms with Gasteiger partial charge < -0.3 is 25.8 Å². The van der Waals surface area contributed by atoms with E-state index in [1.807, 2.05) is 18.2 Å². The number of halogens is 1. The highest BCUT2D eigenvalue weighted by Gasteiger charge is 2.25. The summed E-state index contributed by atoms with van der Waals surface area (Å²) in [5.74, 6) is -0.348. The molecule has 3 N–H and O–H groups in total. The van der Waals surface area contributed by atoms with Crippen molar-refractivity contribution in [3.63, 3.8) is 0 Å². The fraction of sp³-hybridized carbons (Fsp3) is 0.391. The largest absolute Gasteiger partial charge is 0.370 e. The molecule has 7 nitrogen and oxygen atoms in total. The summed E-state index contributed by atoms with van der Waals surface area (Å²) in [6, 6.07) is 13.1. The van der Waals surface area contributed by atoms with Crippen LogP contribution >= 0.6 is 0 Å². The quantitative estimate of drug-likeness (QED) is 0.686. The van der Waals surface area contributed by atoms with Crippen LogP contribution < -0.4 is 20.9 Å². The van der Waals surface area contributed by atoms with Crippen LogP contribution in [0.1, 0.15) is 25.7 Å². The molecule has 2 aliphatic rings. The van der Waals surface area contributed by atoms with Crippen molar-refractivity contribution in [2.75, 3.05) is 41.7 Å². The van der Waals surface area contributed by atoms with Gasteiger partial charge in [-0.05, 0) is 62.1 Å². The minimum absolute atomic E-state index is 0.0126. The van der Waals surface area contributed by atoms with Crippen LogP contribution in [0.4, 0.5) is 31.0 Å². The number of amides is 4. The first-order valence-corrected chi connectivity index (χ1v) is 10.8. The van der Waals surface area contributed by atoms with Gasteiger partial charge in [-0.25, -0.2) is 14.0 Å². The van der Waals surface area contributed by atoms with Crippen molar-refractivity contribution >= 4 is 29.1 Å². The first-order valence-electron chi connectivity index (χ1n) is 10.8. The van der Waals surface area contributed by atoms with Crippen LogP contribution in [0.25, 0.3) is 0 Å². The number of nitrogens with zero attached hydrogens (tertiary/aromatic N) is 2. The number of carbonyl (C=O) groups is 2. The molecule has 2 heterocycles. The van der Waals surface area contributed by atoms with Crippen molar-refractivity contribution in [3.8, 4) is 0 Å². The lowest BCUT2D eigenvalue weighted by atomic mass is 10.1. The minimum Gasteiger partial charge on any atom is -0.370 e. The number of piperidine rings is 1. The van der Waals surface area contributed by atoms with Crippen molar-refractivity contribution in [1.29, 1.82) is 0 Å². The molecule has 2 aliphatic heterocycles. The number of para-hydroxylation sites is 2. The predicted octanol–water partition coefficient (Wildman–Crippen LogP) is 4.24. The Morgan fingerprint density at radius 1 is 0.871 bits per heavy atom. The van der Waals surface area contributed by atoms with Gasteiger partial charge in [-0.1, -0.05) is 12.1 Å². The second kappa shape index (κ2) is 9.68. The summed E-state index contributed by atoms with van der Waals surface area (Å²) in [6.07, 6.45) is 3.71. The molecule has 2 fully saturated rings. The second-order valence-corrected chi connectivity index (χ2v) is 8.01. The zero-order valence-electron chi connectivity index (χ0n) is 17.4. The number of hydrogen-bond donors (Lipinski definition) is 3. The topological polar surface area (TPSA) is 76.7 Å². The zero-order chi connectivity index (χ0) is 21.6. The monoisotopic (exact) mass is 425 g/mol. The van der Waals surface area contributed by atoms with E-state index in [9.17, 15) is 14.0 Å². The van der Waals surface area contributed by atoms with E-state index in [-0.39, 0.29) is 23.9 Å². The zero-order valence-corrected chi connectivity index (χ0v) is 17.4. The highest BCUT2D eigenvalue weighted by molar-refractivity contribution is 5.93. The molecule has 0 unspecified atom stereocenters. The van der Waals surface area contributed by atoms with Crippen LogP contribution in [0.3, 0.4) is 0 Å². The molecule has 2 saturated heterocycles. The lowest BCUT2D eigenvalue weighted by molar-refractivity contribution is 0.189. The van der Waals surface area contributed by atoms with Crippen molar-refractivity contribution in [2.45, 2.75) is 31.7 Å². The normalized spacial score (nSPS) is 16.8. The molecule has 0 saturated carbocycles. The summed E-state index contributed by atoms with van der Waals surface area (Å²) in [5.41, 5.74) is 2.45. The van der Waals surface area contributed by atoms with Crippen LogP contribution in [-0.4, -0.2) is 49.2 Å². The van der Waals surface area contributed by atoms with Crippen molar-refractivity contribution in [1.82, 2.24) is 10.2 Å². The fourth-order valence-electron chi connectivity index (χ4n) is 4.12. The number of hydrogen-bond acceptors (Lipinski definition) is 3. The highest BCUT2D eigenvalue weighted by Crippen LogP contribution is 2.29. The third-order valence-electron chi connectivity index (χ3n) is 5.81. The number of urea groups is 2. The van der Waals surface area contributed by atoms with Crippen LogP contribution in [0, 0.1) is 5.82 Å².